The minimum Gasteiger partial charge on any atom is -0.355 e. The van der Waals surface area contributed by atoms with Gasteiger partial charge in [-0.3, -0.25) is 9.59 Å². The average Bonchev–Trinajstić information content (AvgIpc) is 3.11. The summed E-state index contributed by atoms with van der Waals surface area (Å²) in [4.78, 5) is 27.5. The maximum Gasteiger partial charge on any atom is 0.276 e. The number of hydrogen-bond acceptors (Lipinski definition) is 4. The van der Waals surface area contributed by atoms with Crippen LogP contribution in [0, 0.1) is 0 Å². The van der Waals surface area contributed by atoms with Crippen molar-refractivity contribution in [1.29, 1.82) is 0 Å². The lowest BCUT2D eigenvalue weighted by Gasteiger charge is -2.36. The zero-order valence-corrected chi connectivity index (χ0v) is 13.9. The molecule has 1 aromatic carbocycles. The Morgan fingerprint density at radius 2 is 1.88 bits per heavy atom. The second-order valence-corrected chi connectivity index (χ2v) is 6.10. The van der Waals surface area contributed by atoms with E-state index in [9.17, 15) is 9.59 Å². The second kappa shape index (κ2) is 6.86. The van der Waals surface area contributed by atoms with E-state index in [1.165, 1.54) is 0 Å². The van der Waals surface area contributed by atoms with Crippen molar-refractivity contribution in [2.75, 3.05) is 20.1 Å². The van der Waals surface area contributed by atoms with Gasteiger partial charge in [-0.25, -0.2) is 0 Å². The molecule has 2 amide bonds. The highest BCUT2D eigenvalue weighted by Gasteiger charge is 2.28. The standard InChI is InChI=1S/C18H21N3O3/c1-13(22)20(2)15-8-10-21(11-9-15)18(23)16-12-17(24-19-16)14-6-4-3-5-7-14/h3-7,12,15H,8-11H2,1-2H3. The van der Waals surface area contributed by atoms with Gasteiger partial charge in [-0.15, -0.1) is 0 Å². The molecular weight excluding hydrogens is 306 g/mol. The lowest BCUT2D eigenvalue weighted by Crippen LogP contribution is -2.46. The maximum absolute atomic E-state index is 12.6. The number of amides is 2. The first-order chi connectivity index (χ1) is 11.6. The van der Waals surface area contributed by atoms with Gasteiger partial charge < -0.3 is 14.3 Å². The predicted molar refractivity (Wildman–Crippen MR) is 89.3 cm³/mol. The van der Waals surface area contributed by atoms with E-state index >= 15 is 0 Å². The number of hydrogen-bond donors (Lipinski definition) is 0. The van der Waals surface area contributed by atoms with Crippen molar-refractivity contribution in [3.05, 3.63) is 42.1 Å². The van der Waals surface area contributed by atoms with Crippen LogP contribution in [0.2, 0.25) is 0 Å². The molecule has 0 atom stereocenters. The number of likely N-dealkylation sites (tertiary alicyclic amines) is 1. The molecule has 1 aliphatic heterocycles. The van der Waals surface area contributed by atoms with E-state index in [1.54, 1.807) is 22.8 Å². The van der Waals surface area contributed by atoms with Gasteiger partial charge in [0.1, 0.15) is 0 Å². The van der Waals surface area contributed by atoms with E-state index in [2.05, 4.69) is 5.16 Å². The van der Waals surface area contributed by atoms with Gasteiger partial charge in [0.15, 0.2) is 11.5 Å². The third-order valence-corrected chi connectivity index (χ3v) is 4.58. The van der Waals surface area contributed by atoms with Gasteiger partial charge in [0.05, 0.1) is 0 Å². The molecule has 3 rings (SSSR count). The molecule has 1 aromatic heterocycles. The van der Waals surface area contributed by atoms with Crippen LogP contribution in [-0.2, 0) is 4.79 Å². The molecule has 2 heterocycles. The fourth-order valence-electron chi connectivity index (χ4n) is 2.99. The Morgan fingerprint density at radius 3 is 2.50 bits per heavy atom. The number of piperidine rings is 1. The molecule has 1 fully saturated rings. The molecule has 126 valence electrons. The zero-order valence-electron chi connectivity index (χ0n) is 13.9. The van der Waals surface area contributed by atoms with Gasteiger partial charge in [-0.1, -0.05) is 35.5 Å². The number of aromatic nitrogens is 1. The van der Waals surface area contributed by atoms with Gasteiger partial charge in [0.25, 0.3) is 5.91 Å². The predicted octanol–water partition coefficient (Wildman–Crippen LogP) is 2.42. The van der Waals surface area contributed by atoms with Gasteiger partial charge in [0.2, 0.25) is 5.91 Å². The molecule has 0 spiro atoms. The number of benzene rings is 1. The molecule has 0 saturated carbocycles. The minimum atomic E-state index is -0.121. The van der Waals surface area contributed by atoms with Crippen molar-refractivity contribution < 1.29 is 14.1 Å². The van der Waals surface area contributed by atoms with Crippen LogP contribution >= 0.6 is 0 Å². The fraction of sp³-hybridized carbons (Fsp3) is 0.389. The van der Waals surface area contributed by atoms with E-state index in [4.69, 9.17) is 4.52 Å². The first kappa shape index (κ1) is 16.2. The van der Waals surface area contributed by atoms with Crippen molar-refractivity contribution in [3.8, 4) is 11.3 Å². The normalized spacial score (nSPS) is 15.3. The first-order valence-corrected chi connectivity index (χ1v) is 8.11. The number of carbonyl (C=O) groups excluding carboxylic acids is 2. The summed E-state index contributed by atoms with van der Waals surface area (Å²) < 4.78 is 5.30. The topological polar surface area (TPSA) is 66.7 Å². The van der Waals surface area contributed by atoms with E-state index < -0.39 is 0 Å². The molecule has 1 saturated heterocycles. The third kappa shape index (κ3) is 3.32. The molecule has 6 heteroatoms. The highest BCUT2D eigenvalue weighted by Crippen LogP contribution is 2.22. The molecule has 2 aromatic rings. The van der Waals surface area contributed by atoms with Crippen LogP contribution in [0.5, 0.6) is 0 Å². The van der Waals surface area contributed by atoms with Crippen molar-refractivity contribution in [3.63, 3.8) is 0 Å². The Hall–Kier alpha value is -2.63. The van der Waals surface area contributed by atoms with Crippen molar-refractivity contribution in [2.45, 2.75) is 25.8 Å². The summed E-state index contributed by atoms with van der Waals surface area (Å²) >= 11 is 0. The number of nitrogens with zero attached hydrogens (tertiary/aromatic N) is 3. The van der Waals surface area contributed by atoms with Gasteiger partial charge in [0, 0.05) is 44.7 Å². The van der Waals surface area contributed by atoms with Crippen molar-refractivity contribution >= 4 is 11.8 Å². The highest BCUT2D eigenvalue weighted by atomic mass is 16.5. The average molecular weight is 327 g/mol. The minimum absolute atomic E-state index is 0.0591. The number of carbonyl (C=O) groups is 2. The Balaban J connectivity index is 1.64. The molecule has 6 nitrogen and oxygen atoms in total. The Labute approximate surface area is 141 Å². The van der Waals surface area contributed by atoms with Gasteiger partial charge in [-0.2, -0.15) is 0 Å². The summed E-state index contributed by atoms with van der Waals surface area (Å²) in [6.07, 6.45) is 1.57. The zero-order chi connectivity index (χ0) is 17.1. The largest absolute Gasteiger partial charge is 0.355 e. The van der Waals surface area contributed by atoms with Crippen molar-refractivity contribution in [1.82, 2.24) is 15.0 Å². The summed E-state index contributed by atoms with van der Waals surface area (Å²) in [6, 6.07) is 11.5. The molecular formula is C18H21N3O3. The molecule has 0 aliphatic carbocycles. The van der Waals surface area contributed by atoms with Crippen molar-refractivity contribution in [2.24, 2.45) is 0 Å². The smallest absolute Gasteiger partial charge is 0.276 e. The van der Waals surface area contributed by atoms with E-state index in [0.717, 1.165) is 18.4 Å². The van der Waals surface area contributed by atoms with E-state index in [-0.39, 0.29) is 17.9 Å². The van der Waals surface area contributed by atoms with Gasteiger partial charge in [-0.05, 0) is 12.8 Å². The lowest BCUT2D eigenvalue weighted by atomic mass is 10.0. The van der Waals surface area contributed by atoms with Gasteiger partial charge >= 0.3 is 0 Å². The maximum atomic E-state index is 12.6. The Kier molecular flexibility index (Phi) is 4.64. The summed E-state index contributed by atoms with van der Waals surface area (Å²) in [7, 11) is 1.81. The van der Waals surface area contributed by atoms with Crippen LogP contribution in [-0.4, -0.2) is 52.9 Å². The Morgan fingerprint density at radius 1 is 1.21 bits per heavy atom. The summed E-state index contributed by atoms with van der Waals surface area (Å²) in [5.74, 6) is 0.527. The third-order valence-electron chi connectivity index (χ3n) is 4.58. The quantitative estimate of drug-likeness (QED) is 0.868. The lowest BCUT2D eigenvalue weighted by molar-refractivity contribution is -0.130. The SMILES string of the molecule is CC(=O)N(C)C1CCN(C(=O)c2cc(-c3ccccc3)on2)CC1. The van der Waals surface area contributed by atoms with Crippen LogP contribution in [0.25, 0.3) is 11.3 Å². The molecule has 0 bridgehead atoms. The molecule has 0 radical (unpaired) electrons. The van der Waals surface area contributed by atoms with Crippen LogP contribution in [0.1, 0.15) is 30.3 Å². The summed E-state index contributed by atoms with van der Waals surface area (Å²) in [5, 5.41) is 3.92. The second-order valence-electron chi connectivity index (χ2n) is 6.10. The van der Waals surface area contributed by atoms with Crippen LogP contribution in [0.15, 0.2) is 40.9 Å². The van der Waals surface area contributed by atoms with E-state index in [0.29, 0.717) is 24.5 Å². The highest BCUT2D eigenvalue weighted by molar-refractivity contribution is 5.93. The summed E-state index contributed by atoms with van der Waals surface area (Å²) in [6.45, 7) is 2.81. The van der Waals surface area contributed by atoms with E-state index in [1.807, 2.05) is 37.4 Å². The fourth-order valence-corrected chi connectivity index (χ4v) is 2.99. The number of rotatable bonds is 3. The molecule has 0 N–H and O–H groups in total. The van der Waals surface area contributed by atoms with Crippen LogP contribution in [0.4, 0.5) is 0 Å². The first-order valence-electron chi connectivity index (χ1n) is 8.11. The Bertz CT molecular complexity index is 718. The molecule has 0 unspecified atom stereocenters. The summed E-state index contributed by atoms with van der Waals surface area (Å²) in [5.41, 5.74) is 1.22. The van der Waals surface area contributed by atoms with Crippen LogP contribution in [0.3, 0.4) is 0 Å². The molecule has 24 heavy (non-hydrogen) atoms. The monoisotopic (exact) mass is 327 g/mol. The van der Waals surface area contributed by atoms with Crippen LogP contribution < -0.4 is 0 Å². The molecule has 1 aliphatic rings.